The summed E-state index contributed by atoms with van der Waals surface area (Å²) in [7, 11) is 0. The molecule has 2 heterocycles. The van der Waals surface area contributed by atoms with E-state index in [0.29, 0.717) is 5.56 Å². The molecule has 0 unspecified atom stereocenters. The van der Waals surface area contributed by atoms with Crippen LogP contribution in [0.15, 0.2) is 39.5 Å². The van der Waals surface area contributed by atoms with Crippen LogP contribution in [0, 0.1) is 0 Å². The van der Waals surface area contributed by atoms with Gasteiger partial charge in [0.25, 0.3) is 0 Å². The molecule has 0 saturated carbocycles. The second-order valence-corrected chi connectivity index (χ2v) is 4.70. The highest BCUT2D eigenvalue weighted by Gasteiger charge is 2.17. The molecule has 3 rings (SSSR count). The molecule has 5 nitrogen and oxygen atoms in total. The van der Waals surface area contributed by atoms with Crippen LogP contribution in [-0.2, 0) is 6.42 Å². The summed E-state index contributed by atoms with van der Waals surface area (Å²) in [5, 5.41) is 12.4. The average molecular weight is 271 g/mol. The van der Waals surface area contributed by atoms with Crippen molar-refractivity contribution in [3.05, 3.63) is 52.1 Å². The van der Waals surface area contributed by atoms with Gasteiger partial charge in [0.05, 0.1) is 0 Å². The number of fused-ring (bicyclic) bond motifs is 1. The molecule has 2 N–H and O–H groups in total. The number of aromatic carboxylic acids is 1. The molecule has 0 radical (unpaired) electrons. The van der Waals surface area contributed by atoms with Crippen LogP contribution in [0.4, 0.5) is 5.69 Å². The van der Waals surface area contributed by atoms with Gasteiger partial charge in [-0.05, 0) is 42.2 Å². The van der Waals surface area contributed by atoms with E-state index >= 15 is 0 Å². The van der Waals surface area contributed by atoms with E-state index in [9.17, 15) is 9.59 Å². The van der Waals surface area contributed by atoms with Gasteiger partial charge >= 0.3 is 11.6 Å². The maximum Gasteiger partial charge on any atom is 0.372 e. The maximum absolute atomic E-state index is 11.2. The Morgan fingerprint density at radius 3 is 2.90 bits per heavy atom. The lowest BCUT2D eigenvalue weighted by atomic mass is 9.97. The van der Waals surface area contributed by atoms with Crippen LogP contribution >= 0.6 is 0 Å². The first-order valence-corrected chi connectivity index (χ1v) is 6.40. The Kier molecular flexibility index (Phi) is 3.02. The normalized spacial score (nSPS) is 13.4. The number of carboxylic acid groups (broad SMARTS) is 1. The summed E-state index contributed by atoms with van der Waals surface area (Å²) >= 11 is 0. The predicted octanol–water partition coefficient (Wildman–Crippen LogP) is 2.36. The van der Waals surface area contributed by atoms with Gasteiger partial charge in [0.2, 0.25) is 5.76 Å². The van der Waals surface area contributed by atoms with Gasteiger partial charge in [0, 0.05) is 23.9 Å². The van der Waals surface area contributed by atoms with E-state index in [1.165, 1.54) is 12.1 Å². The van der Waals surface area contributed by atoms with Crippen LogP contribution in [0.2, 0.25) is 0 Å². The second kappa shape index (κ2) is 4.85. The first kappa shape index (κ1) is 12.5. The zero-order valence-electron chi connectivity index (χ0n) is 10.7. The van der Waals surface area contributed by atoms with Crippen LogP contribution in [0.25, 0.3) is 11.1 Å². The highest BCUT2D eigenvalue weighted by molar-refractivity contribution is 5.93. The Hall–Kier alpha value is -2.56. The maximum atomic E-state index is 11.2. The van der Waals surface area contributed by atoms with E-state index in [4.69, 9.17) is 9.52 Å². The largest absolute Gasteiger partial charge is 0.475 e. The van der Waals surface area contributed by atoms with Crippen LogP contribution in [0.5, 0.6) is 0 Å². The van der Waals surface area contributed by atoms with Gasteiger partial charge in [0.1, 0.15) is 0 Å². The first-order valence-electron chi connectivity index (χ1n) is 6.40. The van der Waals surface area contributed by atoms with Crippen LogP contribution < -0.4 is 10.9 Å². The smallest absolute Gasteiger partial charge is 0.372 e. The molecule has 5 heteroatoms. The fourth-order valence-electron chi connectivity index (χ4n) is 2.45. The van der Waals surface area contributed by atoms with Crippen molar-refractivity contribution in [2.45, 2.75) is 12.8 Å². The van der Waals surface area contributed by atoms with Crippen molar-refractivity contribution in [2.75, 3.05) is 11.9 Å². The van der Waals surface area contributed by atoms with Crippen molar-refractivity contribution >= 4 is 11.7 Å². The number of carboxylic acids is 1. The lowest BCUT2D eigenvalue weighted by Gasteiger charge is -2.18. The molecule has 0 atom stereocenters. The highest BCUT2D eigenvalue weighted by atomic mass is 16.4. The third-order valence-corrected chi connectivity index (χ3v) is 3.38. The molecular weight excluding hydrogens is 258 g/mol. The molecule has 1 aromatic heterocycles. The van der Waals surface area contributed by atoms with Crippen molar-refractivity contribution < 1.29 is 14.3 Å². The van der Waals surface area contributed by atoms with Crippen molar-refractivity contribution in [1.82, 2.24) is 0 Å². The van der Waals surface area contributed by atoms with E-state index < -0.39 is 11.6 Å². The number of carbonyl (C=O) groups is 1. The van der Waals surface area contributed by atoms with E-state index in [0.717, 1.165) is 36.2 Å². The molecule has 0 fully saturated rings. The molecule has 1 aliphatic rings. The summed E-state index contributed by atoms with van der Waals surface area (Å²) in [4.78, 5) is 22.4. The van der Waals surface area contributed by atoms with Gasteiger partial charge in [-0.2, -0.15) is 0 Å². The Bertz CT molecular complexity index is 733. The summed E-state index contributed by atoms with van der Waals surface area (Å²) in [6.07, 6.45) is 2.00. The molecule has 0 amide bonds. The van der Waals surface area contributed by atoms with E-state index in [-0.39, 0.29) is 5.76 Å². The molecule has 0 spiro atoms. The molecule has 102 valence electrons. The number of hydrogen-bond acceptors (Lipinski definition) is 4. The standard InChI is InChI=1S/C15H13NO4/c17-13-6-4-11(14(20-13)15(18)19)9-3-5-12-10(8-9)2-1-7-16-12/h3-6,8,16H,1-2,7H2,(H,18,19). The minimum atomic E-state index is -1.24. The van der Waals surface area contributed by atoms with Gasteiger partial charge in [-0.3, -0.25) is 0 Å². The fourth-order valence-corrected chi connectivity index (χ4v) is 2.45. The molecular formula is C15H13NO4. The van der Waals surface area contributed by atoms with Crippen molar-refractivity contribution in [3.63, 3.8) is 0 Å². The fraction of sp³-hybridized carbons (Fsp3) is 0.200. The van der Waals surface area contributed by atoms with E-state index in [1.54, 1.807) is 0 Å². The van der Waals surface area contributed by atoms with Crippen LogP contribution in [-0.4, -0.2) is 17.6 Å². The lowest BCUT2D eigenvalue weighted by Crippen LogP contribution is -2.12. The Morgan fingerprint density at radius 2 is 2.10 bits per heavy atom. The molecule has 1 aromatic carbocycles. The molecule has 0 aliphatic carbocycles. The van der Waals surface area contributed by atoms with E-state index in [2.05, 4.69) is 5.32 Å². The minimum absolute atomic E-state index is 0.318. The Balaban J connectivity index is 2.13. The number of aryl methyl sites for hydroxylation is 1. The van der Waals surface area contributed by atoms with Gasteiger partial charge < -0.3 is 14.8 Å². The first-order chi connectivity index (χ1) is 9.65. The predicted molar refractivity (Wildman–Crippen MR) is 74.2 cm³/mol. The summed E-state index contributed by atoms with van der Waals surface area (Å²) < 4.78 is 4.80. The number of hydrogen-bond donors (Lipinski definition) is 2. The zero-order valence-corrected chi connectivity index (χ0v) is 10.7. The van der Waals surface area contributed by atoms with Crippen molar-refractivity contribution in [1.29, 1.82) is 0 Å². The summed E-state index contributed by atoms with van der Waals surface area (Å²) in [5.41, 5.74) is 2.73. The molecule has 0 saturated heterocycles. The lowest BCUT2D eigenvalue weighted by molar-refractivity contribution is 0.0658. The van der Waals surface area contributed by atoms with Crippen molar-refractivity contribution in [3.8, 4) is 11.1 Å². The third-order valence-electron chi connectivity index (χ3n) is 3.38. The monoisotopic (exact) mass is 271 g/mol. The minimum Gasteiger partial charge on any atom is -0.475 e. The van der Waals surface area contributed by atoms with Crippen LogP contribution in [0.3, 0.4) is 0 Å². The summed E-state index contributed by atoms with van der Waals surface area (Å²) in [6, 6.07) is 8.44. The van der Waals surface area contributed by atoms with Gasteiger partial charge in [-0.15, -0.1) is 0 Å². The molecule has 1 aliphatic heterocycles. The van der Waals surface area contributed by atoms with Crippen LogP contribution in [0.1, 0.15) is 22.5 Å². The second-order valence-electron chi connectivity index (χ2n) is 4.70. The quantitative estimate of drug-likeness (QED) is 0.876. The van der Waals surface area contributed by atoms with Crippen molar-refractivity contribution in [2.24, 2.45) is 0 Å². The zero-order chi connectivity index (χ0) is 14.1. The topological polar surface area (TPSA) is 79.5 Å². The van der Waals surface area contributed by atoms with Gasteiger partial charge in [-0.1, -0.05) is 6.07 Å². The number of nitrogens with one attached hydrogen (secondary N) is 1. The average Bonchev–Trinajstić information content (AvgIpc) is 2.46. The summed E-state index contributed by atoms with van der Waals surface area (Å²) in [5.74, 6) is -1.56. The highest BCUT2D eigenvalue weighted by Crippen LogP contribution is 2.29. The Labute approximate surface area is 114 Å². The number of benzene rings is 1. The Morgan fingerprint density at radius 1 is 1.25 bits per heavy atom. The molecule has 2 aromatic rings. The van der Waals surface area contributed by atoms with E-state index in [1.807, 2.05) is 18.2 Å². The van der Waals surface area contributed by atoms with Gasteiger partial charge in [0.15, 0.2) is 0 Å². The third kappa shape index (κ3) is 2.18. The number of rotatable bonds is 2. The summed E-state index contributed by atoms with van der Waals surface area (Å²) in [6.45, 7) is 0.951. The number of anilines is 1. The SMILES string of the molecule is O=C(O)c1oc(=O)ccc1-c1ccc2c(c1)CCCN2. The molecule has 0 bridgehead atoms. The van der Waals surface area contributed by atoms with Gasteiger partial charge in [-0.25, -0.2) is 9.59 Å². The molecule has 20 heavy (non-hydrogen) atoms.